The second-order valence-corrected chi connectivity index (χ2v) is 7.94. The van der Waals surface area contributed by atoms with Crippen LogP contribution in [0.2, 0.25) is 0 Å². The van der Waals surface area contributed by atoms with Crippen LogP contribution in [0.3, 0.4) is 0 Å². The Balaban J connectivity index is 1.59. The maximum atomic E-state index is 11.0. The molecule has 0 aromatic heterocycles. The summed E-state index contributed by atoms with van der Waals surface area (Å²) in [6, 6.07) is 0. The highest BCUT2D eigenvalue weighted by Crippen LogP contribution is 2.67. The number of hydrogen-bond acceptors (Lipinski definition) is 1. The van der Waals surface area contributed by atoms with Crippen LogP contribution in [-0.4, -0.2) is 11.2 Å². The van der Waals surface area contributed by atoms with E-state index in [2.05, 4.69) is 6.58 Å². The minimum Gasteiger partial charge on any atom is -0.392 e. The van der Waals surface area contributed by atoms with Crippen LogP contribution in [0, 0.1) is 47.3 Å². The van der Waals surface area contributed by atoms with Crippen LogP contribution < -0.4 is 0 Å². The molecule has 18 heavy (non-hydrogen) atoms. The number of aliphatic hydroxyl groups is 1. The first kappa shape index (κ1) is 10.5. The van der Waals surface area contributed by atoms with Gasteiger partial charge in [-0.2, -0.15) is 0 Å². The maximum absolute atomic E-state index is 11.0. The Bertz CT molecular complexity index is 378. The zero-order valence-electron chi connectivity index (χ0n) is 11.1. The molecule has 0 radical (unpaired) electrons. The number of allylic oxidation sites excluding steroid dienone is 1. The summed E-state index contributed by atoms with van der Waals surface area (Å²) in [4.78, 5) is 0. The highest BCUT2D eigenvalue weighted by atomic mass is 16.3. The van der Waals surface area contributed by atoms with E-state index in [0.29, 0.717) is 23.7 Å². The molecule has 98 valence electrons. The molecule has 0 aromatic rings. The second kappa shape index (κ2) is 3.23. The van der Waals surface area contributed by atoms with Crippen molar-refractivity contribution >= 4 is 0 Å². The molecular formula is C17H24O. The zero-order chi connectivity index (χ0) is 12.0. The summed E-state index contributed by atoms with van der Waals surface area (Å²) < 4.78 is 0. The van der Waals surface area contributed by atoms with Crippen LogP contribution in [0.25, 0.3) is 0 Å². The number of fused-ring (bicyclic) bond motifs is 10. The van der Waals surface area contributed by atoms with Gasteiger partial charge in [-0.05, 0) is 85.9 Å². The third-order valence-electron chi connectivity index (χ3n) is 7.61. The molecule has 1 heteroatoms. The molecule has 8 unspecified atom stereocenters. The minimum atomic E-state index is 0.0242. The maximum Gasteiger partial charge on any atom is 0.0613 e. The van der Waals surface area contributed by atoms with Crippen molar-refractivity contribution in [3.8, 4) is 0 Å². The summed E-state index contributed by atoms with van der Waals surface area (Å²) in [7, 11) is 0. The van der Waals surface area contributed by atoms with Crippen LogP contribution in [-0.2, 0) is 0 Å². The second-order valence-electron chi connectivity index (χ2n) is 7.94. The standard InChI is InChI=1S/C17H24O/c1-8-13-9-2-4-11(6-9)15(13)17(18)16-12-5-3-10(7-12)14(8)16/h9-18H,1-7H2. The molecule has 0 spiro atoms. The van der Waals surface area contributed by atoms with Crippen LogP contribution in [0.1, 0.15) is 38.5 Å². The van der Waals surface area contributed by atoms with Crippen molar-refractivity contribution in [2.75, 3.05) is 0 Å². The number of aliphatic hydroxyl groups excluding tert-OH is 1. The predicted molar refractivity (Wildman–Crippen MR) is 70.8 cm³/mol. The summed E-state index contributed by atoms with van der Waals surface area (Å²) in [6.07, 6.45) is 8.45. The molecular weight excluding hydrogens is 220 g/mol. The van der Waals surface area contributed by atoms with Gasteiger partial charge in [-0.25, -0.2) is 0 Å². The third kappa shape index (κ3) is 1.02. The fourth-order valence-corrected chi connectivity index (χ4v) is 7.23. The Morgan fingerprint density at radius 2 is 1.22 bits per heavy atom. The van der Waals surface area contributed by atoms with Crippen LogP contribution in [0.4, 0.5) is 0 Å². The van der Waals surface area contributed by atoms with Gasteiger partial charge in [-0.3, -0.25) is 0 Å². The Hall–Kier alpha value is -0.300. The molecule has 4 bridgehead atoms. The van der Waals surface area contributed by atoms with Gasteiger partial charge in [0.05, 0.1) is 6.10 Å². The van der Waals surface area contributed by atoms with Crippen LogP contribution in [0.15, 0.2) is 12.2 Å². The average Bonchev–Trinajstić information content (AvgIpc) is 3.10. The Morgan fingerprint density at radius 3 is 1.72 bits per heavy atom. The lowest BCUT2D eigenvalue weighted by Crippen LogP contribution is -2.49. The number of hydrogen-bond donors (Lipinski definition) is 1. The molecule has 1 nitrogen and oxygen atoms in total. The fourth-order valence-electron chi connectivity index (χ4n) is 7.23. The summed E-state index contributed by atoms with van der Waals surface area (Å²) in [5.74, 6) is 6.09. The van der Waals surface area contributed by atoms with Gasteiger partial charge in [0.1, 0.15) is 0 Å². The van der Waals surface area contributed by atoms with Crippen molar-refractivity contribution in [3.05, 3.63) is 12.2 Å². The van der Waals surface area contributed by atoms with E-state index < -0.39 is 0 Å². The topological polar surface area (TPSA) is 20.2 Å². The van der Waals surface area contributed by atoms with Gasteiger partial charge < -0.3 is 5.11 Å². The van der Waals surface area contributed by atoms with Crippen molar-refractivity contribution in [1.29, 1.82) is 0 Å². The van der Waals surface area contributed by atoms with E-state index in [1.165, 1.54) is 38.5 Å². The first-order chi connectivity index (χ1) is 8.75. The summed E-state index contributed by atoms with van der Waals surface area (Å²) in [5, 5.41) is 11.0. The molecule has 5 rings (SSSR count). The van der Waals surface area contributed by atoms with Crippen molar-refractivity contribution in [3.63, 3.8) is 0 Å². The quantitative estimate of drug-likeness (QED) is 0.649. The van der Waals surface area contributed by atoms with E-state index in [1.54, 1.807) is 5.57 Å². The predicted octanol–water partition coefficient (Wildman–Crippen LogP) is 3.24. The Labute approximate surface area is 110 Å². The van der Waals surface area contributed by atoms with Crippen LogP contribution >= 0.6 is 0 Å². The van der Waals surface area contributed by atoms with E-state index in [9.17, 15) is 5.11 Å². The highest BCUT2D eigenvalue weighted by Gasteiger charge is 2.63. The largest absolute Gasteiger partial charge is 0.392 e. The normalized spacial score (nSPS) is 64.3. The average molecular weight is 244 g/mol. The lowest BCUT2D eigenvalue weighted by atomic mass is 9.56. The molecule has 1 N–H and O–H groups in total. The molecule has 5 fully saturated rings. The minimum absolute atomic E-state index is 0.0242. The Kier molecular flexibility index (Phi) is 1.88. The fraction of sp³-hybridized carbons (Fsp3) is 0.882. The van der Waals surface area contributed by atoms with Crippen molar-refractivity contribution in [2.24, 2.45) is 47.3 Å². The molecule has 5 aliphatic rings. The molecule has 0 amide bonds. The van der Waals surface area contributed by atoms with E-state index in [0.717, 1.165) is 23.7 Å². The SMILES string of the molecule is C=C1C2C3CCC(C3)C2C(O)C2C3CCC(C3)C12. The molecule has 5 saturated carbocycles. The van der Waals surface area contributed by atoms with Crippen molar-refractivity contribution in [2.45, 2.75) is 44.6 Å². The van der Waals surface area contributed by atoms with Gasteiger partial charge >= 0.3 is 0 Å². The molecule has 0 aromatic carbocycles. The van der Waals surface area contributed by atoms with Gasteiger partial charge in [0.25, 0.3) is 0 Å². The van der Waals surface area contributed by atoms with Gasteiger partial charge in [-0.15, -0.1) is 0 Å². The zero-order valence-corrected chi connectivity index (χ0v) is 11.1. The lowest BCUT2D eigenvalue weighted by Gasteiger charge is -2.50. The van der Waals surface area contributed by atoms with E-state index in [-0.39, 0.29) is 6.10 Å². The van der Waals surface area contributed by atoms with Gasteiger partial charge in [0, 0.05) is 0 Å². The van der Waals surface area contributed by atoms with Gasteiger partial charge in [0.15, 0.2) is 0 Å². The summed E-state index contributed by atoms with van der Waals surface area (Å²) >= 11 is 0. The highest BCUT2D eigenvalue weighted by molar-refractivity contribution is 5.26. The van der Waals surface area contributed by atoms with Crippen molar-refractivity contribution in [1.82, 2.24) is 0 Å². The van der Waals surface area contributed by atoms with E-state index in [1.807, 2.05) is 0 Å². The van der Waals surface area contributed by atoms with E-state index >= 15 is 0 Å². The van der Waals surface area contributed by atoms with Crippen LogP contribution in [0.5, 0.6) is 0 Å². The lowest BCUT2D eigenvalue weighted by molar-refractivity contribution is -0.0555. The smallest absolute Gasteiger partial charge is 0.0613 e. The van der Waals surface area contributed by atoms with E-state index in [4.69, 9.17) is 0 Å². The molecule has 0 aliphatic heterocycles. The molecule has 0 saturated heterocycles. The third-order valence-corrected chi connectivity index (χ3v) is 7.61. The number of rotatable bonds is 0. The first-order valence-electron chi connectivity index (χ1n) is 8.12. The van der Waals surface area contributed by atoms with Gasteiger partial charge in [-0.1, -0.05) is 12.2 Å². The monoisotopic (exact) mass is 244 g/mol. The summed E-state index contributed by atoms with van der Waals surface area (Å²) in [5.41, 5.74) is 1.59. The molecule has 0 heterocycles. The molecule has 5 aliphatic carbocycles. The molecule has 8 atom stereocenters. The first-order valence-corrected chi connectivity index (χ1v) is 8.12. The Morgan fingerprint density at radius 1 is 0.778 bits per heavy atom. The summed E-state index contributed by atoms with van der Waals surface area (Å²) in [6.45, 7) is 4.56. The van der Waals surface area contributed by atoms with Gasteiger partial charge in [0.2, 0.25) is 0 Å². The van der Waals surface area contributed by atoms with Crippen molar-refractivity contribution < 1.29 is 5.11 Å².